The number of ether oxygens (including phenoxy) is 1. The summed E-state index contributed by atoms with van der Waals surface area (Å²) < 4.78 is 6.72. The smallest absolute Gasteiger partial charge is 0.309 e. The lowest BCUT2D eigenvalue weighted by Crippen LogP contribution is -2.37. The van der Waals surface area contributed by atoms with Crippen molar-refractivity contribution < 1.29 is 9.53 Å². The lowest BCUT2D eigenvalue weighted by molar-refractivity contribution is -0.149. The lowest BCUT2D eigenvalue weighted by atomic mass is 9.97. The summed E-state index contributed by atoms with van der Waals surface area (Å²) >= 11 is 0. The van der Waals surface area contributed by atoms with Crippen LogP contribution in [0.3, 0.4) is 0 Å². The van der Waals surface area contributed by atoms with Gasteiger partial charge in [-0.05, 0) is 51.9 Å². The molecule has 1 saturated heterocycles. The molecule has 3 heterocycles. The van der Waals surface area contributed by atoms with Crippen LogP contribution in [-0.4, -0.2) is 40.0 Å². The summed E-state index contributed by atoms with van der Waals surface area (Å²) in [5, 5.41) is 0. The van der Waals surface area contributed by atoms with E-state index in [1.54, 1.807) is 10.5 Å². The van der Waals surface area contributed by atoms with E-state index in [9.17, 15) is 9.59 Å². The second kappa shape index (κ2) is 7.13. The van der Waals surface area contributed by atoms with Crippen molar-refractivity contribution in [1.82, 2.24) is 14.3 Å². The molecule has 0 spiro atoms. The maximum atomic E-state index is 12.3. The Balaban J connectivity index is 1.69. The van der Waals surface area contributed by atoms with E-state index < -0.39 is 0 Å². The highest BCUT2D eigenvalue weighted by Crippen LogP contribution is 2.20. The van der Waals surface area contributed by atoms with Crippen LogP contribution < -0.4 is 5.56 Å². The topological polar surface area (TPSA) is 63.9 Å². The molecule has 0 N–H and O–H groups in total. The van der Waals surface area contributed by atoms with Gasteiger partial charge in [-0.1, -0.05) is 6.07 Å². The van der Waals surface area contributed by atoms with Crippen molar-refractivity contribution in [2.75, 3.05) is 19.7 Å². The van der Waals surface area contributed by atoms with Gasteiger partial charge in [0.1, 0.15) is 5.65 Å². The minimum absolute atomic E-state index is 0.000891. The van der Waals surface area contributed by atoms with Crippen molar-refractivity contribution in [3.8, 4) is 0 Å². The monoisotopic (exact) mass is 329 g/mol. The van der Waals surface area contributed by atoms with E-state index in [0.717, 1.165) is 37.3 Å². The molecule has 0 atom stereocenters. The fraction of sp³-hybridized carbons (Fsp3) is 0.500. The van der Waals surface area contributed by atoms with E-state index in [2.05, 4.69) is 9.88 Å². The average molecular weight is 329 g/mol. The van der Waals surface area contributed by atoms with E-state index in [-0.39, 0.29) is 17.4 Å². The number of piperidine rings is 1. The first-order valence-corrected chi connectivity index (χ1v) is 8.45. The lowest BCUT2D eigenvalue weighted by Gasteiger charge is -2.30. The van der Waals surface area contributed by atoms with Crippen LogP contribution in [0.4, 0.5) is 0 Å². The number of aryl methyl sites for hydroxylation is 1. The predicted octanol–water partition coefficient (Wildman–Crippen LogP) is 1.78. The van der Waals surface area contributed by atoms with Gasteiger partial charge in [0, 0.05) is 18.3 Å². The zero-order valence-corrected chi connectivity index (χ0v) is 14.2. The van der Waals surface area contributed by atoms with Gasteiger partial charge in [0.15, 0.2) is 0 Å². The largest absolute Gasteiger partial charge is 0.466 e. The predicted molar refractivity (Wildman–Crippen MR) is 90.8 cm³/mol. The first-order chi connectivity index (χ1) is 11.6. The molecule has 3 rings (SSSR count). The number of rotatable bonds is 4. The Hall–Kier alpha value is -2.21. The molecular weight excluding hydrogens is 306 g/mol. The number of likely N-dealkylation sites (tertiary alicyclic amines) is 1. The number of esters is 1. The third-order valence-electron chi connectivity index (χ3n) is 4.53. The van der Waals surface area contributed by atoms with Crippen molar-refractivity contribution in [2.24, 2.45) is 5.92 Å². The molecule has 6 nitrogen and oxygen atoms in total. The number of hydrogen-bond donors (Lipinski definition) is 0. The van der Waals surface area contributed by atoms with Crippen molar-refractivity contribution in [3.63, 3.8) is 0 Å². The van der Waals surface area contributed by atoms with E-state index in [1.807, 2.05) is 32.0 Å². The third kappa shape index (κ3) is 3.48. The van der Waals surface area contributed by atoms with Crippen LogP contribution in [0.5, 0.6) is 0 Å². The molecular formula is C18H23N3O3. The van der Waals surface area contributed by atoms with Gasteiger partial charge in [0.05, 0.1) is 18.2 Å². The zero-order chi connectivity index (χ0) is 17.1. The number of pyridine rings is 1. The van der Waals surface area contributed by atoms with Gasteiger partial charge in [-0.25, -0.2) is 4.98 Å². The van der Waals surface area contributed by atoms with Crippen LogP contribution in [-0.2, 0) is 16.1 Å². The van der Waals surface area contributed by atoms with E-state index in [1.165, 1.54) is 0 Å². The first kappa shape index (κ1) is 16.6. The van der Waals surface area contributed by atoms with Crippen molar-refractivity contribution in [3.05, 3.63) is 46.0 Å². The number of nitrogens with zero attached hydrogens (tertiary/aromatic N) is 3. The normalized spacial score (nSPS) is 16.4. The molecule has 0 unspecified atom stereocenters. The van der Waals surface area contributed by atoms with E-state index in [4.69, 9.17) is 4.74 Å². The fourth-order valence-electron chi connectivity index (χ4n) is 3.26. The molecule has 0 aliphatic carbocycles. The van der Waals surface area contributed by atoms with Crippen molar-refractivity contribution >= 4 is 11.6 Å². The maximum Gasteiger partial charge on any atom is 0.309 e. The second-order valence-corrected chi connectivity index (χ2v) is 6.25. The van der Waals surface area contributed by atoms with Crippen LogP contribution in [0.25, 0.3) is 5.65 Å². The maximum absolute atomic E-state index is 12.3. The van der Waals surface area contributed by atoms with E-state index >= 15 is 0 Å². The average Bonchev–Trinajstić information content (AvgIpc) is 2.55. The van der Waals surface area contributed by atoms with Gasteiger partial charge in [-0.3, -0.25) is 18.9 Å². The van der Waals surface area contributed by atoms with Gasteiger partial charge >= 0.3 is 5.97 Å². The molecule has 1 fully saturated rings. The van der Waals surface area contributed by atoms with Crippen LogP contribution in [0.1, 0.15) is 31.2 Å². The van der Waals surface area contributed by atoms with Gasteiger partial charge < -0.3 is 4.74 Å². The number of carbonyl (C=O) groups excluding carboxylic acids is 1. The molecule has 0 aromatic carbocycles. The zero-order valence-electron chi connectivity index (χ0n) is 14.2. The highest BCUT2D eigenvalue weighted by molar-refractivity contribution is 5.72. The molecule has 0 amide bonds. The summed E-state index contributed by atoms with van der Waals surface area (Å²) in [7, 11) is 0. The van der Waals surface area contributed by atoms with Crippen molar-refractivity contribution in [1.29, 1.82) is 0 Å². The molecule has 2 aromatic heterocycles. The highest BCUT2D eigenvalue weighted by Gasteiger charge is 2.26. The molecule has 1 aliphatic rings. The van der Waals surface area contributed by atoms with Crippen LogP contribution in [0, 0.1) is 12.8 Å². The molecule has 2 aromatic rings. The molecule has 24 heavy (non-hydrogen) atoms. The van der Waals surface area contributed by atoms with Gasteiger partial charge in [-0.15, -0.1) is 0 Å². The molecule has 128 valence electrons. The highest BCUT2D eigenvalue weighted by atomic mass is 16.5. The first-order valence-electron chi connectivity index (χ1n) is 8.45. The molecule has 0 radical (unpaired) electrons. The second-order valence-electron chi connectivity index (χ2n) is 6.25. The number of carbonyl (C=O) groups is 1. The fourth-order valence-corrected chi connectivity index (χ4v) is 3.26. The minimum Gasteiger partial charge on any atom is -0.466 e. The third-order valence-corrected chi connectivity index (χ3v) is 4.53. The molecule has 1 aliphatic heterocycles. The Bertz CT molecular complexity index is 792. The Labute approximate surface area is 141 Å². The summed E-state index contributed by atoms with van der Waals surface area (Å²) in [6.07, 6.45) is 1.59. The standard InChI is InChI=1S/C18H23N3O3/c1-3-24-18(23)14-7-9-20(10-8-14)12-15-11-17(22)21-13(2)5-4-6-16(21)19-15/h4-6,11,14H,3,7-10,12H2,1-2H3. The van der Waals surface area contributed by atoms with E-state index in [0.29, 0.717) is 18.8 Å². The SMILES string of the molecule is CCOC(=O)C1CCN(Cc2cc(=O)n3c(C)cccc3n2)CC1. The van der Waals surface area contributed by atoms with Gasteiger partial charge in [-0.2, -0.15) is 0 Å². The summed E-state index contributed by atoms with van der Waals surface area (Å²) in [5.74, 6) is -0.0891. The summed E-state index contributed by atoms with van der Waals surface area (Å²) in [6.45, 7) is 6.43. The molecule has 0 bridgehead atoms. The molecule has 0 saturated carbocycles. The Kier molecular flexibility index (Phi) is 4.94. The van der Waals surface area contributed by atoms with Gasteiger partial charge in [0.25, 0.3) is 5.56 Å². The van der Waals surface area contributed by atoms with Crippen LogP contribution in [0.2, 0.25) is 0 Å². The summed E-state index contributed by atoms with van der Waals surface area (Å²) in [4.78, 5) is 31.0. The quantitative estimate of drug-likeness (QED) is 0.800. The Morgan fingerprint density at radius 3 is 2.79 bits per heavy atom. The van der Waals surface area contributed by atoms with Crippen LogP contribution >= 0.6 is 0 Å². The Morgan fingerprint density at radius 2 is 2.08 bits per heavy atom. The molecule has 6 heteroatoms. The Morgan fingerprint density at radius 1 is 1.33 bits per heavy atom. The number of aromatic nitrogens is 2. The van der Waals surface area contributed by atoms with Crippen LogP contribution in [0.15, 0.2) is 29.1 Å². The van der Waals surface area contributed by atoms with Crippen molar-refractivity contribution in [2.45, 2.75) is 33.2 Å². The summed E-state index contributed by atoms with van der Waals surface area (Å²) in [6, 6.07) is 7.27. The number of fused-ring (bicyclic) bond motifs is 1. The minimum atomic E-state index is -0.0882. The summed E-state index contributed by atoms with van der Waals surface area (Å²) in [5.41, 5.74) is 2.29. The number of hydrogen-bond acceptors (Lipinski definition) is 5. The van der Waals surface area contributed by atoms with Gasteiger partial charge in [0.2, 0.25) is 0 Å².